The number of aromatic nitrogens is 1. The third-order valence-corrected chi connectivity index (χ3v) is 6.05. The van der Waals surface area contributed by atoms with Gasteiger partial charge in [0.15, 0.2) is 0 Å². The Kier molecular flexibility index (Phi) is 6.53. The third kappa shape index (κ3) is 5.57. The third-order valence-electron chi connectivity index (χ3n) is 3.86. The lowest BCUT2D eigenvalue weighted by Crippen LogP contribution is -2.25. The molecule has 9 heteroatoms. The number of nitrogens with one attached hydrogen (secondary N) is 2. The molecule has 3 aromatic rings. The van der Waals surface area contributed by atoms with Crippen molar-refractivity contribution >= 4 is 33.0 Å². The lowest BCUT2D eigenvalue weighted by molar-refractivity contribution is 0.102. The summed E-state index contributed by atoms with van der Waals surface area (Å²) in [5.41, 5.74) is 1.59. The topological polar surface area (TPSA) is 88.2 Å². The van der Waals surface area contributed by atoms with Crippen LogP contribution in [0.1, 0.15) is 16.1 Å². The maximum atomic E-state index is 13.9. The van der Waals surface area contributed by atoms with Gasteiger partial charge in [-0.3, -0.25) is 4.79 Å². The minimum Gasteiger partial charge on any atom is -0.321 e. The first-order valence-corrected chi connectivity index (χ1v) is 11.1. The number of halogens is 1. The number of benzene rings is 2. The number of carbonyl (C=O) groups is 1. The zero-order chi connectivity index (χ0) is 20.9. The van der Waals surface area contributed by atoms with Gasteiger partial charge in [-0.25, -0.2) is 22.5 Å². The van der Waals surface area contributed by atoms with E-state index in [0.717, 1.165) is 0 Å². The molecule has 0 radical (unpaired) electrons. The van der Waals surface area contributed by atoms with Gasteiger partial charge in [0.2, 0.25) is 10.0 Å². The summed E-state index contributed by atoms with van der Waals surface area (Å²) >= 11 is 1.18. The first kappa shape index (κ1) is 20.8. The van der Waals surface area contributed by atoms with Crippen LogP contribution in [0.3, 0.4) is 0 Å². The quantitative estimate of drug-likeness (QED) is 0.531. The molecule has 29 heavy (non-hydrogen) atoms. The highest BCUT2D eigenvalue weighted by Crippen LogP contribution is 2.26. The van der Waals surface area contributed by atoms with E-state index in [1.807, 2.05) is 0 Å². The molecule has 0 aliphatic carbocycles. The van der Waals surface area contributed by atoms with Crippen molar-refractivity contribution in [3.63, 3.8) is 0 Å². The van der Waals surface area contributed by atoms with Crippen LogP contribution in [0, 0.1) is 5.82 Å². The number of hydrogen-bond acceptors (Lipinski definition) is 5. The van der Waals surface area contributed by atoms with Crippen molar-refractivity contribution in [2.75, 3.05) is 11.9 Å². The van der Waals surface area contributed by atoms with Crippen molar-refractivity contribution in [3.8, 4) is 10.6 Å². The van der Waals surface area contributed by atoms with Crippen molar-refractivity contribution in [2.24, 2.45) is 0 Å². The molecular weight excluding hydrogens is 413 g/mol. The van der Waals surface area contributed by atoms with E-state index in [-0.39, 0.29) is 18.0 Å². The lowest BCUT2D eigenvalue weighted by Gasteiger charge is -2.07. The second-order valence-corrected chi connectivity index (χ2v) is 8.73. The molecule has 1 heterocycles. The summed E-state index contributed by atoms with van der Waals surface area (Å²) in [4.78, 5) is 16.6. The van der Waals surface area contributed by atoms with Crippen LogP contribution in [0.5, 0.6) is 0 Å². The average Bonchev–Trinajstić information content (AvgIpc) is 3.18. The van der Waals surface area contributed by atoms with Gasteiger partial charge >= 0.3 is 0 Å². The SMILES string of the molecule is C=CCNS(=O)(=O)Cc1ccc(NC(=O)c2csc(-c3ccccc3F)n2)cc1. The lowest BCUT2D eigenvalue weighted by atomic mass is 10.2. The van der Waals surface area contributed by atoms with Crippen LogP contribution in [-0.2, 0) is 15.8 Å². The molecule has 0 aliphatic rings. The van der Waals surface area contributed by atoms with Crippen molar-refractivity contribution in [1.82, 2.24) is 9.71 Å². The summed E-state index contributed by atoms with van der Waals surface area (Å²) in [5.74, 6) is -1.01. The molecule has 0 atom stereocenters. The number of thiazole rings is 1. The van der Waals surface area contributed by atoms with E-state index in [9.17, 15) is 17.6 Å². The minimum absolute atomic E-state index is 0.166. The standard InChI is InChI=1S/C20H18FN3O3S2/c1-2-11-22-29(26,27)13-14-7-9-15(10-8-14)23-19(25)18-12-28-20(24-18)16-5-3-4-6-17(16)21/h2-10,12,22H,1,11,13H2,(H,23,25). The second kappa shape index (κ2) is 9.08. The number of carbonyl (C=O) groups excluding carboxylic acids is 1. The Bertz CT molecular complexity index is 1130. The number of anilines is 1. The number of rotatable bonds is 8. The van der Waals surface area contributed by atoms with Gasteiger partial charge < -0.3 is 5.32 Å². The largest absolute Gasteiger partial charge is 0.321 e. The van der Waals surface area contributed by atoms with Gasteiger partial charge in [0.1, 0.15) is 16.5 Å². The molecule has 3 rings (SSSR count). The fourth-order valence-electron chi connectivity index (χ4n) is 2.47. The molecule has 6 nitrogen and oxygen atoms in total. The van der Waals surface area contributed by atoms with Gasteiger partial charge in [-0.1, -0.05) is 30.3 Å². The summed E-state index contributed by atoms with van der Waals surface area (Å²) in [5, 5.41) is 4.67. The zero-order valence-electron chi connectivity index (χ0n) is 15.3. The van der Waals surface area contributed by atoms with Crippen molar-refractivity contribution in [3.05, 3.63) is 83.6 Å². The number of hydrogen-bond donors (Lipinski definition) is 2. The van der Waals surface area contributed by atoms with Crippen LogP contribution < -0.4 is 10.0 Å². The van der Waals surface area contributed by atoms with Crippen molar-refractivity contribution in [1.29, 1.82) is 0 Å². The van der Waals surface area contributed by atoms with E-state index < -0.39 is 21.7 Å². The van der Waals surface area contributed by atoms with E-state index in [0.29, 0.717) is 21.8 Å². The molecule has 0 aliphatic heterocycles. The summed E-state index contributed by atoms with van der Waals surface area (Å²) in [6.07, 6.45) is 1.46. The summed E-state index contributed by atoms with van der Waals surface area (Å²) in [6, 6.07) is 12.7. The molecular formula is C20H18FN3O3S2. The highest BCUT2D eigenvalue weighted by molar-refractivity contribution is 7.88. The Hall–Kier alpha value is -2.88. The fourth-order valence-corrected chi connectivity index (χ4v) is 4.40. The molecule has 0 saturated heterocycles. The van der Waals surface area contributed by atoms with Gasteiger partial charge in [0.05, 0.1) is 5.75 Å². The van der Waals surface area contributed by atoms with Gasteiger partial charge in [0.25, 0.3) is 5.91 Å². The highest BCUT2D eigenvalue weighted by atomic mass is 32.2. The predicted molar refractivity (Wildman–Crippen MR) is 113 cm³/mol. The Morgan fingerprint density at radius 1 is 1.17 bits per heavy atom. The van der Waals surface area contributed by atoms with Gasteiger partial charge in [-0.15, -0.1) is 17.9 Å². The maximum Gasteiger partial charge on any atom is 0.275 e. The van der Waals surface area contributed by atoms with Crippen molar-refractivity contribution < 1.29 is 17.6 Å². The zero-order valence-corrected chi connectivity index (χ0v) is 16.9. The molecule has 0 spiro atoms. The number of amides is 1. The minimum atomic E-state index is -3.45. The molecule has 1 amide bonds. The van der Waals surface area contributed by atoms with E-state index in [4.69, 9.17) is 0 Å². The van der Waals surface area contributed by atoms with Gasteiger partial charge in [0, 0.05) is 23.2 Å². The Morgan fingerprint density at radius 2 is 1.90 bits per heavy atom. The first-order chi connectivity index (χ1) is 13.9. The van der Waals surface area contributed by atoms with Gasteiger partial charge in [-0.05, 0) is 29.8 Å². The fraction of sp³-hybridized carbons (Fsp3) is 0.100. The molecule has 2 N–H and O–H groups in total. The highest BCUT2D eigenvalue weighted by Gasteiger charge is 2.15. The average molecular weight is 432 g/mol. The Labute approximate surface area is 172 Å². The van der Waals surface area contributed by atoms with Crippen LogP contribution in [-0.4, -0.2) is 25.9 Å². The van der Waals surface area contributed by atoms with Crippen molar-refractivity contribution in [2.45, 2.75) is 5.75 Å². The van der Waals surface area contributed by atoms with E-state index >= 15 is 0 Å². The molecule has 2 aromatic carbocycles. The van der Waals surface area contributed by atoms with Crippen LogP contribution in [0.4, 0.5) is 10.1 Å². The van der Waals surface area contributed by atoms with Crippen LogP contribution in [0.15, 0.2) is 66.6 Å². The Balaban J connectivity index is 1.66. The molecule has 0 saturated carbocycles. The second-order valence-electron chi connectivity index (χ2n) is 6.07. The maximum absolute atomic E-state index is 13.9. The smallest absolute Gasteiger partial charge is 0.275 e. The molecule has 0 fully saturated rings. The summed E-state index contributed by atoms with van der Waals surface area (Å²) < 4.78 is 40.0. The van der Waals surface area contributed by atoms with E-state index in [1.54, 1.807) is 47.8 Å². The molecule has 1 aromatic heterocycles. The normalized spacial score (nSPS) is 11.2. The summed E-state index contributed by atoms with van der Waals surface area (Å²) in [6.45, 7) is 3.63. The molecule has 0 bridgehead atoms. The predicted octanol–water partition coefficient (Wildman–Crippen LogP) is 3.81. The van der Waals surface area contributed by atoms with Crippen LogP contribution in [0.2, 0.25) is 0 Å². The van der Waals surface area contributed by atoms with E-state index in [1.165, 1.54) is 23.5 Å². The molecule has 0 unspecified atom stereocenters. The number of sulfonamides is 1. The molecule has 150 valence electrons. The Morgan fingerprint density at radius 3 is 2.59 bits per heavy atom. The van der Waals surface area contributed by atoms with Crippen LogP contribution >= 0.6 is 11.3 Å². The van der Waals surface area contributed by atoms with E-state index in [2.05, 4.69) is 21.6 Å². The number of nitrogens with zero attached hydrogens (tertiary/aromatic N) is 1. The van der Waals surface area contributed by atoms with Gasteiger partial charge in [-0.2, -0.15) is 0 Å². The first-order valence-electron chi connectivity index (χ1n) is 8.57. The summed E-state index contributed by atoms with van der Waals surface area (Å²) in [7, 11) is -3.45. The monoisotopic (exact) mass is 431 g/mol. The van der Waals surface area contributed by atoms with Crippen LogP contribution in [0.25, 0.3) is 10.6 Å².